The predicted molar refractivity (Wildman–Crippen MR) is 112 cm³/mol. The van der Waals surface area contributed by atoms with Crippen molar-refractivity contribution in [3.05, 3.63) is 78.4 Å². The van der Waals surface area contributed by atoms with Crippen LogP contribution < -0.4 is 5.32 Å². The molecule has 1 fully saturated rings. The summed E-state index contributed by atoms with van der Waals surface area (Å²) in [6.07, 6.45) is 1.83. The number of amides is 2. The van der Waals surface area contributed by atoms with Gasteiger partial charge in [-0.05, 0) is 41.3 Å². The number of nitrogens with zero attached hydrogens (tertiary/aromatic N) is 1. The zero-order chi connectivity index (χ0) is 19.3. The fraction of sp³-hybridized carbons (Fsp3) is 0.250. The lowest BCUT2D eigenvalue weighted by atomic mass is 9.95. The van der Waals surface area contributed by atoms with E-state index < -0.39 is 0 Å². The van der Waals surface area contributed by atoms with Crippen molar-refractivity contribution in [1.29, 1.82) is 0 Å². The first-order valence-electron chi connectivity index (χ1n) is 9.80. The van der Waals surface area contributed by atoms with Gasteiger partial charge in [-0.15, -0.1) is 0 Å². The smallest absolute Gasteiger partial charge is 0.227 e. The second-order valence-corrected chi connectivity index (χ2v) is 7.37. The molecule has 4 heteroatoms. The Kier molecular flexibility index (Phi) is 5.38. The van der Waals surface area contributed by atoms with E-state index in [1.807, 2.05) is 53.4 Å². The first-order chi connectivity index (χ1) is 13.7. The van der Waals surface area contributed by atoms with E-state index in [0.717, 1.165) is 16.6 Å². The monoisotopic (exact) mass is 372 g/mol. The molecule has 0 radical (unpaired) electrons. The van der Waals surface area contributed by atoms with Crippen LogP contribution in [-0.2, 0) is 16.0 Å². The maximum atomic E-state index is 12.7. The van der Waals surface area contributed by atoms with Crippen LogP contribution >= 0.6 is 0 Å². The van der Waals surface area contributed by atoms with Gasteiger partial charge in [0.25, 0.3) is 0 Å². The molecule has 0 saturated carbocycles. The van der Waals surface area contributed by atoms with Gasteiger partial charge >= 0.3 is 0 Å². The summed E-state index contributed by atoms with van der Waals surface area (Å²) in [6, 6.07) is 23.9. The molecule has 0 unspecified atom stereocenters. The van der Waals surface area contributed by atoms with Crippen LogP contribution in [0.3, 0.4) is 0 Å². The average Bonchev–Trinajstić information content (AvgIpc) is 2.74. The lowest BCUT2D eigenvalue weighted by Gasteiger charge is -2.31. The van der Waals surface area contributed by atoms with Gasteiger partial charge in [0, 0.05) is 24.7 Å². The van der Waals surface area contributed by atoms with Gasteiger partial charge in [-0.2, -0.15) is 0 Å². The van der Waals surface area contributed by atoms with Crippen LogP contribution in [0.15, 0.2) is 72.8 Å². The minimum absolute atomic E-state index is 0.0371. The number of carbonyl (C=O) groups is 2. The number of likely N-dealkylation sites (tertiary alicyclic amines) is 1. The zero-order valence-electron chi connectivity index (χ0n) is 15.8. The molecular weight excluding hydrogens is 348 g/mol. The van der Waals surface area contributed by atoms with E-state index in [1.165, 1.54) is 5.39 Å². The molecule has 0 atom stereocenters. The molecule has 0 aromatic heterocycles. The Morgan fingerprint density at radius 1 is 0.857 bits per heavy atom. The molecule has 0 spiro atoms. The highest BCUT2D eigenvalue weighted by atomic mass is 16.2. The van der Waals surface area contributed by atoms with Crippen molar-refractivity contribution in [2.45, 2.75) is 19.3 Å². The second-order valence-electron chi connectivity index (χ2n) is 7.37. The molecule has 3 aromatic carbocycles. The molecule has 1 aliphatic rings. The van der Waals surface area contributed by atoms with Crippen molar-refractivity contribution < 1.29 is 9.59 Å². The number of anilines is 1. The van der Waals surface area contributed by atoms with Gasteiger partial charge in [0.2, 0.25) is 11.8 Å². The van der Waals surface area contributed by atoms with Crippen molar-refractivity contribution >= 4 is 28.3 Å². The molecule has 1 saturated heterocycles. The summed E-state index contributed by atoms with van der Waals surface area (Å²) in [7, 11) is 0. The Morgan fingerprint density at radius 3 is 2.29 bits per heavy atom. The Hall–Kier alpha value is -3.14. The molecule has 2 amide bonds. The van der Waals surface area contributed by atoms with Crippen LogP contribution in [0.4, 0.5) is 5.69 Å². The predicted octanol–water partition coefficient (Wildman–Crippen LogP) is 4.26. The highest BCUT2D eigenvalue weighted by Crippen LogP contribution is 2.21. The van der Waals surface area contributed by atoms with Gasteiger partial charge in [0.05, 0.1) is 6.42 Å². The molecule has 28 heavy (non-hydrogen) atoms. The number of hydrogen-bond donors (Lipinski definition) is 1. The van der Waals surface area contributed by atoms with Crippen molar-refractivity contribution in [2.24, 2.45) is 5.92 Å². The van der Waals surface area contributed by atoms with Crippen LogP contribution in [0.1, 0.15) is 18.4 Å². The lowest BCUT2D eigenvalue weighted by molar-refractivity contribution is -0.133. The third-order valence-corrected chi connectivity index (χ3v) is 5.43. The largest absolute Gasteiger partial charge is 0.342 e. The van der Waals surface area contributed by atoms with Crippen LogP contribution in [0.2, 0.25) is 0 Å². The molecule has 142 valence electrons. The SMILES string of the molecule is O=C(Nc1ccccc1)C1CCN(C(=O)Cc2ccc3ccccc3c2)CC1. The van der Waals surface area contributed by atoms with E-state index in [-0.39, 0.29) is 17.7 Å². The molecule has 1 heterocycles. The summed E-state index contributed by atoms with van der Waals surface area (Å²) < 4.78 is 0. The number of para-hydroxylation sites is 1. The summed E-state index contributed by atoms with van der Waals surface area (Å²) in [5, 5.41) is 5.31. The molecule has 0 bridgehead atoms. The second kappa shape index (κ2) is 8.26. The Labute approximate surface area is 165 Å². The molecule has 1 N–H and O–H groups in total. The van der Waals surface area contributed by atoms with Crippen molar-refractivity contribution in [3.63, 3.8) is 0 Å². The average molecular weight is 372 g/mol. The first-order valence-corrected chi connectivity index (χ1v) is 9.80. The van der Waals surface area contributed by atoms with Crippen LogP contribution in [-0.4, -0.2) is 29.8 Å². The van der Waals surface area contributed by atoms with Gasteiger partial charge < -0.3 is 10.2 Å². The van der Waals surface area contributed by atoms with E-state index in [2.05, 4.69) is 29.6 Å². The van der Waals surface area contributed by atoms with Crippen molar-refractivity contribution in [3.8, 4) is 0 Å². The van der Waals surface area contributed by atoms with Gasteiger partial charge in [0.15, 0.2) is 0 Å². The highest BCUT2D eigenvalue weighted by molar-refractivity contribution is 5.92. The van der Waals surface area contributed by atoms with Gasteiger partial charge in [-0.1, -0.05) is 60.7 Å². The summed E-state index contributed by atoms with van der Waals surface area (Å²) in [4.78, 5) is 27.0. The van der Waals surface area contributed by atoms with Crippen molar-refractivity contribution in [1.82, 2.24) is 4.90 Å². The number of nitrogens with one attached hydrogen (secondary N) is 1. The highest BCUT2D eigenvalue weighted by Gasteiger charge is 2.27. The molecule has 0 aliphatic carbocycles. The Morgan fingerprint density at radius 2 is 1.54 bits per heavy atom. The molecule has 4 rings (SSSR count). The normalized spacial score (nSPS) is 14.8. The quantitative estimate of drug-likeness (QED) is 0.744. The van der Waals surface area contributed by atoms with E-state index in [1.54, 1.807) is 0 Å². The Bertz CT molecular complexity index is 976. The van der Waals surface area contributed by atoms with Crippen LogP contribution in [0.5, 0.6) is 0 Å². The minimum atomic E-state index is -0.0371. The number of carbonyl (C=O) groups excluding carboxylic acids is 2. The fourth-order valence-corrected chi connectivity index (χ4v) is 3.79. The standard InChI is InChI=1S/C24H24N2O2/c27-23(17-18-10-11-19-6-4-5-7-21(19)16-18)26-14-12-20(13-15-26)24(28)25-22-8-2-1-3-9-22/h1-11,16,20H,12-15,17H2,(H,25,28). The number of hydrogen-bond acceptors (Lipinski definition) is 2. The van der Waals surface area contributed by atoms with Gasteiger partial charge in [-0.25, -0.2) is 0 Å². The van der Waals surface area contributed by atoms with Crippen LogP contribution in [0.25, 0.3) is 10.8 Å². The third kappa shape index (κ3) is 4.22. The number of piperidine rings is 1. The third-order valence-electron chi connectivity index (χ3n) is 5.43. The summed E-state index contributed by atoms with van der Waals surface area (Å²) in [5.41, 5.74) is 1.86. The summed E-state index contributed by atoms with van der Waals surface area (Å²) in [5.74, 6) is 0.148. The van der Waals surface area contributed by atoms with Crippen LogP contribution in [0, 0.1) is 5.92 Å². The number of rotatable bonds is 4. The van der Waals surface area contributed by atoms with E-state index >= 15 is 0 Å². The van der Waals surface area contributed by atoms with E-state index in [4.69, 9.17) is 0 Å². The maximum absolute atomic E-state index is 12.7. The van der Waals surface area contributed by atoms with Gasteiger partial charge in [-0.3, -0.25) is 9.59 Å². The fourth-order valence-electron chi connectivity index (χ4n) is 3.79. The molecular formula is C24H24N2O2. The van der Waals surface area contributed by atoms with Crippen molar-refractivity contribution in [2.75, 3.05) is 18.4 Å². The first kappa shape index (κ1) is 18.2. The maximum Gasteiger partial charge on any atom is 0.227 e. The lowest BCUT2D eigenvalue weighted by Crippen LogP contribution is -2.42. The summed E-state index contributed by atoms with van der Waals surface area (Å²) in [6.45, 7) is 1.28. The summed E-state index contributed by atoms with van der Waals surface area (Å²) >= 11 is 0. The number of fused-ring (bicyclic) bond motifs is 1. The Balaban J connectivity index is 1.31. The van der Waals surface area contributed by atoms with Gasteiger partial charge in [0.1, 0.15) is 0 Å². The minimum Gasteiger partial charge on any atom is -0.342 e. The molecule has 3 aromatic rings. The van der Waals surface area contributed by atoms with E-state index in [0.29, 0.717) is 32.4 Å². The molecule has 4 nitrogen and oxygen atoms in total. The molecule has 1 aliphatic heterocycles. The zero-order valence-corrected chi connectivity index (χ0v) is 15.8. The van der Waals surface area contributed by atoms with E-state index in [9.17, 15) is 9.59 Å². The number of benzene rings is 3. The topological polar surface area (TPSA) is 49.4 Å².